The van der Waals surface area contributed by atoms with Crippen molar-refractivity contribution in [3.8, 4) is 5.75 Å². The SMILES string of the molecule is CNC(c1ccc(C)cc1F)c1cccc(OC)c1F. The second kappa shape index (κ2) is 6.01. The van der Waals surface area contributed by atoms with Gasteiger partial charge in [0.25, 0.3) is 0 Å². The summed E-state index contributed by atoms with van der Waals surface area (Å²) in [4.78, 5) is 0. The highest BCUT2D eigenvalue weighted by molar-refractivity contribution is 5.39. The smallest absolute Gasteiger partial charge is 0.170 e. The summed E-state index contributed by atoms with van der Waals surface area (Å²) in [6.07, 6.45) is 0. The molecule has 0 bridgehead atoms. The molecular formula is C16H17F2NO. The standard InChI is InChI=1S/C16H17F2NO/c1-10-7-8-11(13(17)9-10)16(19-2)12-5-4-6-14(20-3)15(12)18/h4-9,16,19H,1-3H3. The zero-order valence-electron chi connectivity index (χ0n) is 11.7. The Morgan fingerprint density at radius 1 is 1.10 bits per heavy atom. The van der Waals surface area contributed by atoms with Crippen LogP contribution in [0.2, 0.25) is 0 Å². The van der Waals surface area contributed by atoms with Crippen LogP contribution in [0.3, 0.4) is 0 Å². The van der Waals surface area contributed by atoms with Gasteiger partial charge in [0.2, 0.25) is 0 Å². The van der Waals surface area contributed by atoms with Gasteiger partial charge in [0.1, 0.15) is 5.82 Å². The monoisotopic (exact) mass is 277 g/mol. The van der Waals surface area contributed by atoms with Gasteiger partial charge in [-0.05, 0) is 31.7 Å². The summed E-state index contributed by atoms with van der Waals surface area (Å²) < 4.78 is 33.4. The highest BCUT2D eigenvalue weighted by Crippen LogP contribution is 2.30. The predicted octanol–water partition coefficient (Wildman–Crippen LogP) is 3.59. The van der Waals surface area contributed by atoms with Crippen LogP contribution in [-0.2, 0) is 0 Å². The maximum absolute atomic E-state index is 14.3. The Labute approximate surface area is 117 Å². The average molecular weight is 277 g/mol. The van der Waals surface area contributed by atoms with Gasteiger partial charge in [0.15, 0.2) is 11.6 Å². The number of methoxy groups -OCH3 is 1. The molecule has 0 amide bonds. The molecular weight excluding hydrogens is 260 g/mol. The van der Waals surface area contributed by atoms with E-state index >= 15 is 0 Å². The second-order valence-electron chi connectivity index (χ2n) is 4.61. The van der Waals surface area contributed by atoms with Crippen LogP contribution < -0.4 is 10.1 Å². The number of aryl methyl sites for hydroxylation is 1. The van der Waals surface area contributed by atoms with Gasteiger partial charge >= 0.3 is 0 Å². The minimum atomic E-state index is -0.564. The van der Waals surface area contributed by atoms with Crippen molar-refractivity contribution in [2.45, 2.75) is 13.0 Å². The van der Waals surface area contributed by atoms with Crippen molar-refractivity contribution in [2.75, 3.05) is 14.2 Å². The molecule has 0 aromatic heterocycles. The van der Waals surface area contributed by atoms with Crippen LogP contribution in [-0.4, -0.2) is 14.2 Å². The van der Waals surface area contributed by atoms with Crippen molar-refractivity contribution in [1.82, 2.24) is 5.32 Å². The Kier molecular flexibility index (Phi) is 4.35. The lowest BCUT2D eigenvalue weighted by Crippen LogP contribution is -2.20. The van der Waals surface area contributed by atoms with Crippen molar-refractivity contribution in [2.24, 2.45) is 0 Å². The molecule has 0 saturated carbocycles. The van der Waals surface area contributed by atoms with Crippen molar-refractivity contribution < 1.29 is 13.5 Å². The number of ether oxygens (including phenoxy) is 1. The minimum absolute atomic E-state index is 0.148. The van der Waals surface area contributed by atoms with E-state index in [9.17, 15) is 8.78 Å². The molecule has 2 nitrogen and oxygen atoms in total. The maximum Gasteiger partial charge on any atom is 0.170 e. The quantitative estimate of drug-likeness (QED) is 0.922. The van der Waals surface area contributed by atoms with Crippen LogP contribution in [0.1, 0.15) is 22.7 Å². The first-order valence-electron chi connectivity index (χ1n) is 6.34. The molecule has 0 heterocycles. The minimum Gasteiger partial charge on any atom is -0.494 e. The summed E-state index contributed by atoms with van der Waals surface area (Å²) in [7, 11) is 3.08. The number of benzene rings is 2. The molecule has 1 atom stereocenters. The first-order valence-corrected chi connectivity index (χ1v) is 6.34. The Bertz CT molecular complexity index is 613. The summed E-state index contributed by atoms with van der Waals surface area (Å²) in [6.45, 7) is 1.81. The van der Waals surface area contributed by atoms with Crippen molar-refractivity contribution in [3.05, 3.63) is 64.7 Å². The zero-order chi connectivity index (χ0) is 14.7. The number of halogens is 2. The third kappa shape index (κ3) is 2.65. The van der Waals surface area contributed by atoms with Crippen LogP contribution >= 0.6 is 0 Å². The van der Waals surface area contributed by atoms with Gasteiger partial charge in [-0.3, -0.25) is 0 Å². The molecule has 2 aromatic carbocycles. The highest BCUT2D eigenvalue weighted by Gasteiger charge is 2.21. The predicted molar refractivity (Wildman–Crippen MR) is 75.0 cm³/mol. The third-order valence-corrected chi connectivity index (χ3v) is 3.28. The van der Waals surface area contributed by atoms with Crippen LogP contribution in [0.4, 0.5) is 8.78 Å². The summed E-state index contributed by atoms with van der Waals surface area (Å²) in [5, 5.41) is 2.95. The van der Waals surface area contributed by atoms with E-state index in [0.29, 0.717) is 11.1 Å². The van der Waals surface area contributed by atoms with E-state index in [-0.39, 0.29) is 11.6 Å². The molecule has 1 N–H and O–H groups in total. The van der Waals surface area contributed by atoms with Gasteiger partial charge in [-0.25, -0.2) is 8.78 Å². The molecule has 0 aliphatic heterocycles. The fraction of sp³-hybridized carbons (Fsp3) is 0.250. The van der Waals surface area contributed by atoms with E-state index in [2.05, 4.69) is 5.32 Å². The molecule has 20 heavy (non-hydrogen) atoms. The molecule has 0 fully saturated rings. The van der Waals surface area contributed by atoms with E-state index < -0.39 is 11.9 Å². The maximum atomic E-state index is 14.3. The van der Waals surface area contributed by atoms with Gasteiger partial charge < -0.3 is 10.1 Å². The second-order valence-corrected chi connectivity index (χ2v) is 4.61. The van der Waals surface area contributed by atoms with E-state index in [1.54, 1.807) is 31.3 Å². The molecule has 4 heteroatoms. The normalized spacial score (nSPS) is 12.2. The molecule has 1 unspecified atom stereocenters. The van der Waals surface area contributed by atoms with Gasteiger partial charge in [0.05, 0.1) is 13.2 Å². The van der Waals surface area contributed by atoms with Crippen LogP contribution in [0.15, 0.2) is 36.4 Å². The van der Waals surface area contributed by atoms with Crippen molar-refractivity contribution in [3.63, 3.8) is 0 Å². The molecule has 0 radical (unpaired) electrons. The van der Waals surface area contributed by atoms with E-state index in [1.807, 2.05) is 6.92 Å². The van der Waals surface area contributed by atoms with Crippen molar-refractivity contribution in [1.29, 1.82) is 0 Å². The first kappa shape index (κ1) is 14.5. The van der Waals surface area contributed by atoms with Gasteiger partial charge in [0, 0.05) is 11.1 Å². The molecule has 0 saturated heterocycles. The third-order valence-electron chi connectivity index (χ3n) is 3.28. The Morgan fingerprint density at radius 2 is 1.85 bits per heavy atom. The fourth-order valence-electron chi connectivity index (χ4n) is 2.25. The van der Waals surface area contributed by atoms with Crippen LogP contribution in [0, 0.1) is 18.6 Å². The van der Waals surface area contributed by atoms with Gasteiger partial charge in [-0.2, -0.15) is 0 Å². The van der Waals surface area contributed by atoms with E-state index in [1.165, 1.54) is 19.2 Å². The average Bonchev–Trinajstić information content (AvgIpc) is 2.43. The summed E-state index contributed by atoms with van der Waals surface area (Å²) >= 11 is 0. The largest absolute Gasteiger partial charge is 0.494 e. The molecule has 106 valence electrons. The molecule has 2 aromatic rings. The summed E-state index contributed by atoms with van der Waals surface area (Å²) in [6, 6.07) is 9.21. The first-order chi connectivity index (χ1) is 9.58. The molecule has 0 spiro atoms. The summed E-state index contributed by atoms with van der Waals surface area (Å²) in [5.41, 5.74) is 1.59. The Hall–Kier alpha value is -1.94. The summed E-state index contributed by atoms with van der Waals surface area (Å²) in [5.74, 6) is -0.684. The number of rotatable bonds is 4. The van der Waals surface area contributed by atoms with Crippen LogP contribution in [0.5, 0.6) is 5.75 Å². The van der Waals surface area contributed by atoms with Crippen molar-refractivity contribution >= 4 is 0 Å². The van der Waals surface area contributed by atoms with Gasteiger partial charge in [-0.15, -0.1) is 0 Å². The van der Waals surface area contributed by atoms with E-state index in [0.717, 1.165) is 5.56 Å². The lowest BCUT2D eigenvalue weighted by molar-refractivity contribution is 0.382. The lowest BCUT2D eigenvalue weighted by atomic mass is 9.96. The highest BCUT2D eigenvalue weighted by atomic mass is 19.1. The zero-order valence-corrected chi connectivity index (χ0v) is 11.7. The Balaban J connectivity index is 2.52. The topological polar surface area (TPSA) is 21.3 Å². The lowest BCUT2D eigenvalue weighted by Gasteiger charge is -2.19. The number of hydrogen-bond donors (Lipinski definition) is 1. The van der Waals surface area contributed by atoms with Gasteiger partial charge in [-0.1, -0.05) is 24.3 Å². The number of nitrogens with one attached hydrogen (secondary N) is 1. The van der Waals surface area contributed by atoms with E-state index in [4.69, 9.17) is 4.74 Å². The molecule has 0 aliphatic carbocycles. The van der Waals surface area contributed by atoms with Crippen LogP contribution in [0.25, 0.3) is 0 Å². The Morgan fingerprint density at radius 3 is 2.45 bits per heavy atom. The molecule has 0 aliphatic rings. The number of hydrogen-bond acceptors (Lipinski definition) is 2. The molecule has 2 rings (SSSR count). The fourth-order valence-corrected chi connectivity index (χ4v) is 2.25.